The Labute approximate surface area is 137 Å². The molecule has 0 spiro atoms. The topological polar surface area (TPSA) is 106 Å². The zero-order chi connectivity index (χ0) is 16.1. The average molecular weight is 333 g/mol. The number of rotatable bonds is 2. The van der Waals surface area contributed by atoms with Crippen molar-refractivity contribution >= 4 is 39.0 Å². The van der Waals surface area contributed by atoms with Crippen molar-refractivity contribution < 1.29 is 9.53 Å². The molecule has 0 bridgehead atoms. The van der Waals surface area contributed by atoms with E-state index in [9.17, 15) is 4.79 Å². The number of nitrogens with zero attached hydrogens (tertiary/aromatic N) is 2. The van der Waals surface area contributed by atoms with E-state index in [1.807, 2.05) is 13.0 Å². The Kier molecular flexibility index (Phi) is 3.31. The number of hydrogen-bond acceptors (Lipinski definition) is 7. The maximum Gasteiger partial charge on any atom is 0.261 e. The number of ether oxygens (including phenoxy) is 1. The first-order valence-electron chi connectivity index (χ1n) is 7.74. The lowest BCUT2D eigenvalue weighted by molar-refractivity contribution is 0.100. The van der Waals surface area contributed by atoms with Gasteiger partial charge in [-0.2, -0.15) is 0 Å². The molecule has 7 nitrogen and oxygen atoms in total. The van der Waals surface area contributed by atoms with Gasteiger partial charge in [0.1, 0.15) is 21.3 Å². The summed E-state index contributed by atoms with van der Waals surface area (Å²) in [6.45, 7) is 3.67. The molecule has 2 aliphatic rings. The molecule has 2 aliphatic heterocycles. The Morgan fingerprint density at radius 2 is 2.22 bits per heavy atom. The molecule has 2 aromatic heterocycles. The van der Waals surface area contributed by atoms with E-state index in [0.717, 1.165) is 53.4 Å². The number of nitrogens with two attached hydrogens (primary N) is 2. The quantitative estimate of drug-likeness (QED) is 0.768. The maximum atomic E-state index is 11.7. The number of carbonyl (C=O) groups is 1. The van der Waals surface area contributed by atoms with Crippen molar-refractivity contribution in [2.45, 2.75) is 32.0 Å². The van der Waals surface area contributed by atoms with Crippen LogP contribution in [0, 0.1) is 0 Å². The molecule has 1 amide bonds. The summed E-state index contributed by atoms with van der Waals surface area (Å²) in [5.74, 6) is 1.18. The van der Waals surface area contributed by atoms with Crippen molar-refractivity contribution in [3.8, 4) is 5.75 Å². The lowest BCUT2D eigenvalue weighted by Crippen LogP contribution is -2.40. The second kappa shape index (κ2) is 5.24. The fourth-order valence-electron chi connectivity index (χ4n) is 3.17. The highest BCUT2D eigenvalue weighted by atomic mass is 32.1. The third-order valence-corrected chi connectivity index (χ3v) is 5.45. The van der Waals surface area contributed by atoms with Gasteiger partial charge >= 0.3 is 0 Å². The molecular formula is C15H19N5O2S. The first-order chi connectivity index (χ1) is 11.0. The van der Waals surface area contributed by atoms with E-state index < -0.39 is 5.91 Å². The Bertz CT molecular complexity index is 782. The van der Waals surface area contributed by atoms with Gasteiger partial charge in [0.2, 0.25) is 0 Å². The molecule has 1 atom stereocenters. The van der Waals surface area contributed by atoms with Crippen LogP contribution in [0.2, 0.25) is 0 Å². The summed E-state index contributed by atoms with van der Waals surface area (Å²) < 4.78 is 5.90. The highest BCUT2D eigenvalue weighted by molar-refractivity contribution is 7.21. The van der Waals surface area contributed by atoms with Crippen LogP contribution in [-0.2, 0) is 0 Å². The predicted molar refractivity (Wildman–Crippen MR) is 91.3 cm³/mol. The van der Waals surface area contributed by atoms with Crippen LogP contribution in [0.25, 0.3) is 10.2 Å². The Morgan fingerprint density at radius 1 is 1.48 bits per heavy atom. The first-order valence-corrected chi connectivity index (χ1v) is 8.55. The number of nitrogens with one attached hydrogen (secondary N) is 1. The third-order valence-electron chi connectivity index (χ3n) is 4.35. The van der Waals surface area contributed by atoms with Crippen molar-refractivity contribution in [3.05, 3.63) is 10.9 Å². The molecule has 1 fully saturated rings. The second-order valence-corrected chi connectivity index (χ2v) is 7.06. The molecule has 23 heavy (non-hydrogen) atoms. The summed E-state index contributed by atoms with van der Waals surface area (Å²) in [4.78, 5) is 19.9. The zero-order valence-electron chi connectivity index (χ0n) is 12.8. The van der Waals surface area contributed by atoms with Gasteiger partial charge in [-0.1, -0.05) is 0 Å². The lowest BCUT2D eigenvalue weighted by atomic mass is 10.1. The smallest absolute Gasteiger partial charge is 0.261 e. The summed E-state index contributed by atoms with van der Waals surface area (Å²) in [7, 11) is 0. The Balaban J connectivity index is 1.83. The third kappa shape index (κ3) is 2.38. The largest absolute Gasteiger partial charge is 0.470 e. The Hall–Kier alpha value is -2.06. The number of anilines is 2. The van der Waals surface area contributed by atoms with Crippen LogP contribution in [0.1, 0.15) is 29.4 Å². The van der Waals surface area contributed by atoms with Crippen molar-refractivity contribution in [1.82, 2.24) is 4.98 Å². The van der Waals surface area contributed by atoms with Gasteiger partial charge in [-0.05, 0) is 19.8 Å². The van der Waals surface area contributed by atoms with Crippen LogP contribution >= 0.6 is 11.3 Å². The number of carbonyl (C=O) groups excluding carboxylic acids is 1. The van der Waals surface area contributed by atoms with Gasteiger partial charge in [-0.25, -0.2) is 4.98 Å². The molecule has 4 rings (SSSR count). The van der Waals surface area contributed by atoms with Gasteiger partial charge in [-0.15, -0.1) is 11.3 Å². The molecular weight excluding hydrogens is 314 g/mol. The summed E-state index contributed by atoms with van der Waals surface area (Å²) in [6.07, 6.45) is 1.69. The maximum absolute atomic E-state index is 11.7. The minimum absolute atomic E-state index is 0.219. The van der Waals surface area contributed by atoms with Gasteiger partial charge in [0.25, 0.3) is 5.91 Å². The molecule has 2 aromatic rings. The van der Waals surface area contributed by atoms with Crippen molar-refractivity contribution in [2.24, 2.45) is 11.5 Å². The van der Waals surface area contributed by atoms with Crippen LogP contribution in [0.4, 0.5) is 11.5 Å². The van der Waals surface area contributed by atoms with Gasteiger partial charge in [0, 0.05) is 25.2 Å². The summed E-state index contributed by atoms with van der Waals surface area (Å²) in [5, 5.41) is 4.02. The molecule has 122 valence electrons. The molecule has 4 heterocycles. The number of piperidine rings is 1. The van der Waals surface area contributed by atoms with E-state index in [-0.39, 0.29) is 12.3 Å². The van der Waals surface area contributed by atoms with Crippen molar-refractivity contribution in [2.75, 3.05) is 23.3 Å². The van der Waals surface area contributed by atoms with E-state index in [1.54, 1.807) is 0 Å². The summed E-state index contributed by atoms with van der Waals surface area (Å²) in [6, 6.07) is 2.22. The van der Waals surface area contributed by atoms with Gasteiger partial charge in [-0.3, -0.25) is 4.79 Å². The summed E-state index contributed by atoms with van der Waals surface area (Å²) >= 11 is 1.31. The van der Waals surface area contributed by atoms with E-state index in [2.05, 4.69) is 10.2 Å². The van der Waals surface area contributed by atoms with Crippen molar-refractivity contribution in [1.29, 1.82) is 0 Å². The normalized spacial score (nSPS) is 21.1. The van der Waals surface area contributed by atoms with E-state index in [1.165, 1.54) is 11.3 Å². The molecule has 1 saturated heterocycles. The summed E-state index contributed by atoms with van der Waals surface area (Å²) in [5.41, 5.74) is 12.2. The molecule has 0 saturated carbocycles. The lowest BCUT2D eigenvalue weighted by Gasteiger charge is -2.32. The van der Waals surface area contributed by atoms with Gasteiger partial charge in [0.15, 0.2) is 6.23 Å². The molecule has 5 N–H and O–H groups in total. The highest BCUT2D eigenvalue weighted by Gasteiger charge is 2.28. The predicted octanol–water partition coefficient (Wildman–Crippen LogP) is 1.47. The number of amides is 1. The Morgan fingerprint density at radius 3 is 2.91 bits per heavy atom. The number of primary amides is 1. The number of pyridine rings is 1. The number of thiophene rings is 1. The van der Waals surface area contributed by atoms with E-state index >= 15 is 0 Å². The second-order valence-electron chi connectivity index (χ2n) is 6.06. The zero-order valence-corrected chi connectivity index (χ0v) is 13.7. The van der Waals surface area contributed by atoms with Crippen LogP contribution < -0.4 is 26.4 Å². The van der Waals surface area contributed by atoms with Crippen LogP contribution in [0.3, 0.4) is 0 Å². The fourth-order valence-corrected chi connectivity index (χ4v) is 4.17. The fraction of sp³-hybridized carbons (Fsp3) is 0.467. The first kappa shape index (κ1) is 14.5. The molecule has 0 aliphatic carbocycles. The minimum Gasteiger partial charge on any atom is -0.470 e. The molecule has 8 heteroatoms. The van der Waals surface area contributed by atoms with E-state index in [0.29, 0.717) is 4.88 Å². The number of hydrogen-bond donors (Lipinski definition) is 3. The minimum atomic E-state index is -0.443. The molecule has 0 radical (unpaired) electrons. The van der Waals surface area contributed by atoms with Crippen LogP contribution in [0.15, 0.2) is 6.07 Å². The highest BCUT2D eigenvalue weighted by Crippen LogP contribution is 2.45. The number of aromatic nitrogens is 1. The SMILES string of the molecule is CC1Nc2c(C(N)=O)sc3nc(N4CCC(N)CC4)cc(c23)O1. The monoisotopic (exact) mass is 333 g/mol. The molecule has 1 unspecified atom stereocenters. The van der Waals surface area contributed by atoms with Gasteiger partial charge in [0.05, 0.1) is 11.1 Å². The van der Waals surface area contributed by atoms with Gasteiger partial charge < -0.3 is 26.4 Å². The average Bonchev–Trinajstić information content (AvgIpc) is 2.87. The molecule has 0 aromatic carbocycles. The van der Waals surface area contributed by atoms with Crippen LogP contribution in [-0.4, -0.2) is 36.3 Å². The van der Waals surface area contributed by atoms with Crippen molar-refractivity contribution in [3.63, 3.8) is 0 Å². The van der Waals surface area contributed by atoms with Crippen LogP contribution in [0.5, 0.6) is 5.75 Å². The van der Waals surface area contributed by atoms with E-state index in [4.69, 9.17) is 21.2 Å². The standard InChI is InChI=1S/C15H19N5O2S/c1-7-18-12-11-9(22-7)6-10(20-4-2-8(16)3-5-20)19-15(11)23-13(12)14(17)21/h6-8,18H,2-5,16H2,1H3,(H2,17,21).